The van der Waals surface area contributed by atoms with Crippen LogP contribution in [0.2, 0.25) is 0 Å². The predicted molar refractivity (Wildman–Crippen MR) is 117 cm³/mol. The van der Waals surface area contributed by atoms with Gasteiger partial charge in [0.2, 0.25) is 5.91 Å². The van der Waals surface area contributed by atoms with Crippen molar-refractivity contribution in [3.8, 4) is 11.1 Å². The summed E-state index contributed by atoms with van der Waals surface area (Å²) in [5.41, 5.74) is -2.55. The molecule has 1 aliphatic carbocycles. The maximum Gasteiger partial charge on any atom is 0.433 e. The molecular weight excluding hydrogens is 492 g/mol. The van der Waals surface area contributed by atoms with E-state index < -0.39 is 36.0 Å². The summed E-state index contributed by atoms with van der Waals surface area (Å²) in [6.07, 6.45) is -8.76. The summed E-state index contributed by atoms with van der Waals surface area (Å²) < 4.78 is 79.9. The van der Waals surface area contributed by atoms with Gasteiger partial charge in [0, 0.05) is 23.7 Å². The molecule has 36 heavy (non-hydrogen) atoms. The lowest BCUT2D eigenvalue weighted by atomic mass is 9.96. The van der Waals surface area contributed by atoms with Gasteiger partial charge in [-0.05, 0) is 54.7 Å². The number of carbonyl (C=O) groups is 2. The van der Waals surface area contributed by atoms with Crippen molar-refractivity contribution in [2.45, 2.75) is 51.0 Å². The third-order valence-corrected chi connectivity index (χ3v) is 6.07. The Morgan fingerprint density at radius 2 is 1.69 bits per heavy atom. The van der Waals surface area contributed by atoms with Crippen LogP contribution in [0.25, 0.3) is 22.2 Å². The molecule has 4 rings (SSSR count). The number of H-pyrrole nitrogens is 1. The molecule has 2 aromatic heterocycles. The van der Waals surface area contributed by atoms with Crippen LogP contribution in [0.5, 0.6) is 0 Å². The van der Waals surface area contributed by atoms with Crippen molar-refractivity contribution in [1.29, 1.82) is 0 Å². The van der Waals surface area contributed by atoms with E-state index in [2.05, 4.69) is 9.97 Å². The van der Waals surface area contributed by atoms with Gasteiger partial charge in [-0.3, -0.25) is 9.59 Å². The van der Waals surface area contributed by atoms with Gasteiger partial charge < -0.3 is 15.0 Å². The molecule has 2 N–H and O–H groups in total. The van der Waals surface area contributed by atoms with Crippen molar-refractivity contribution < 1.29 is 41.0 Å². The molecule has 0 spiro atoms. The molecule has 0 atom stereocenters. The van der Waals surface area contributed by atoms with E-state index in [1.165, 1.54) is 0 Å². The molecule has 2 heterocycles. The number of pyridine rings is 1. The minimum atomic E-state index is -4.88. The van der Waals surface area contributed by atoms with Crippen molar-refractivity contribution in [2.75, 3.05) is 6.54 Å². The fourth-order valence-corrected chi connectivity index (χ4v) is 4.30. The first-order chi connectivity index (χ1) is 16.8. The van der Waals surface area contributed by atoms with Crippen molar-refractivity contribution in [2.24, 2.45) is 0 Å². The average molecular weight is 513 g/mol. The zero-order valence-electron chi connectivity index (χ0n) is 18.9. The molecule has 1 aromatic carbocycles. The number of benzene rings is 1. The second kappa shape index (κ2) is 9.14. The van der Waals surface area contributed by atoms with Crippen LogP contribution in [-0.4, -0.2) is 44.4 Å². The Morgan fingerprint density at radius 1 is 1.06 bits per heavy atom. The van der Waals surface area contributed by atoms with Crippen LogP contribution in [0, 0.1) is 0 Å². The number of likely N-dealkylation sites (N-methyl/N-ethyl adjacent to an activating group) is 1. The number of aliphatic carboxylic acids is 1. The lowest BCUT2D eigenvalue weighted by molar-refractivity contribution is -0.141. The van der Waals surface area contributed by atoms with Crippen LogP contribution in [-0.2, 0) is 34.8 Å². The van der Waals surface area contributed by atoms with E-state index >= 15 is 0 Å². The van der Waals surface area contributed by atoms with Gasteiger partial charge in [0.1, 0.15) is 11.3 Å². The molecule has 12 heteroatoms. The summed E-state index contributed by atoms with van der Waals surface area (Å²) in [6.45, 7) is 2.21. The number of halogens is 6. The lowest BCUT2D eigenvalue weighted by Crippen LogP contribution is -2.34. The summed E-state index contributed by atoms with van der Waals surface area (Å²) in [7, 11) is 0. The van der Waals surface area contributed by atoms with E-state index in [1.54, 1.807) is 11.8 Å². The maximum absolute atomic E-state index is 13.6. The van der Waals surface area contributed by atoms with Gasteiger partial charge in [0.05, 0.1) is 18.4 Å². The van der Waals surface area contributed by atoms with Crippen LogP contribution in [0.1, 0.15) is 42.3 Å². The minimum Gasteiger partial charge on any atom is -0.481 e. The Bertz CT molecular complexity index is 1310. The smallest absolute Gasteiger partial charge is 0.433 e. The highest BCUT2D eigenvalue weighted by atomic mass is 19.4. The number of carbonyl (C=O) groups excluding carboxylic acids is 1. The Labute approximate surface area is 200 Å². The van der Waals surface area contributed by atoms with E-state index in [0.717, 1.165) is 37.1 Å². The van der Waals surface area contributed by atoms with Gasteiger partial charge in [-0.2, -0.15) is 26.3 Å². The SMILES string of the molecule is CCN(C(=O)Cc1[nH]c2nc(C(F)(F)F)cc(-c3ccc(C(F)(F)F)cc3)c2c1CC(=O)O)C1CC1. The van der Waals surface area contributed by atoms with Crippen molar-refractivity contribution in [3.05, 3.63) is 52.8 Å². The zero-order chi connectivity index (χ0) is 26.4. The molecule has 1 saturated carbocycles. The van der Waals surface area contributed by atoms with Gasteiger partial charge in [-0.25, -0.2) is 4.98 Å². The molecule has 0 unspecified atom stereocenters. The Morgan fingerprint density at radius 3 is 2.19 bits per heavy atom. The number of carboxylic acid groups (broad SMARTS) is 1. The second-order valence-electron chi connectivity index (χ2n) is 8.59. The number of nitrogens with zero attached hydrogens (tertiary/aromatic N) is 2. The lowest BCUT2D eigenvalue weighted by Gasteiger charge is -2.20. The summed E-state index contributed by atoms with van der Waals surface area (Å²) in [5.74, 6) is -1.61. The van der Waals surface area contributed by atoms with Crippen LogP contribution < -0.4 is 0 Å². The molecule has 0 saturated heterocycles. The van der Waals surface area contributed by atoms with Crippen molar-refractivity contribution in [1.82, 2.24) is 14.9 Å². The van der Waals surface area contributed by atoms with Gasteiger partial charge in [-0.15, -0.1) is 0 Å². The van der Waals surface area contributed by atoms with Crippen molar-refractivity contribution in [3.63, 3.8) is 0 Å². The monoisotopic (exact) mass is 513 g/mol. The number of aromatic amines is 1. The minimum absolute atomic E-state index is 0.0116. The molecule has 3 aromatic rings. The zero-order valence-corrected chi connectivity index (χ0v) is 18.9. The quantitative estimate of drug-likeness (QED) is 0.412. The Hall–Kier alpha value is -3.57. The van der Waals surface area contributed by atoms with E-state index in [1.807, 2.05) is 0 Å². The molecule has 1 aliphatic rings. The third-order valence-electron chi connectivity index (χ3n) is 6.07. The number of hydrogen-bond acceptors (Lipinski definition) is 3. The van der Waals surface area contributed by atoms with Gasteiger partial charge >= 0.3 is 18.3 Å². The Kier molecular flexibility index (Phi) is 6.48. The van der Waals surface area contributed by atoms with E-state index in [9.17, 15) is 41.0 Å². The first-order valence-electron chi connectivity index (χ1n) is 11.1. The molecule has 1 amide bonds. The van der Waals surface area contributed by atoms with Gasteiger partial charge in [-0.1, -0.05) is 12.1 Å². The standard InChI is InChI=1S/C24H21F6N3O3/c1-2-33(14-7-8-14)19(34)11-17-16(10-20(35)36)21-15(9-18(24(28,29)30)32-22(21)31-17)12-3-5-13(6-4-12)23(25,26)27/h3-6,9,14H,2,7-8,10-11H2,1H3,(H,31,32)(H,35,36). The van der Waals surface area contributed by atoms with E-state index in [0.29, 0.717) is 12.6 Å². The Balaban J connectivity index is 1.91. The maximum atomic E-state index is 13.6. The third kappa shape index (κ3) is 5.17. The van der Waals surface area contributed by atoms with Gasteiger partial charge in [0.25, 0.3) is 0 Å². The van der Waals surface area contributed by atoms with Crippen LogP contribution >= 0.6 is 0 Å². The summed E-state index contributed by atoms with van der Waals surface area (Å²) in [6, 6.07) is 4.26. The first kappa shape index (κ1) is 25.5. The van der Waals surface area contributed by atoms with Crippen molar-refractivity contribution >= 4 is 22.9 Å². The summed E-state index contributed by atoms with van der Waals surface area (Å²) in [4.78, 5) is 32.5. The van der Waals surface area contributed by atoms with E-state index in [-0.39, 0.29) is 51.8 Å². The van der Waals surface area contributed by atoms with Crippen LogP contribution in [0.3, 0.4) is 0 Å². The number of amides is 1. The topological polar surface area (TPSA) is 86.3 Å². The first-order valence-corrected chi connectivity index (χ1v) is 11.1. The molecule has 0 aliphatic heterocycles. The number of fused-ring (bicyclic) bond motifs is 1. The number of nitrogens with one attached hydrogen (secondary N) is 1. The highest BCUT2D eigenvalue weighted by Crippen LogP contribution is 2.39. The molecular formula is C24H21F6N3O3. The fourth-order valence-electron chi connectivity index (χ4n) is 4.30. The van der Waals surface area contributed by atoms with Crippen LogP contribution in [0.4, 0.5) is 26.3 Å². The van der Waals surface area contributed by atoms with Crippen LogP contribution in [0.15, 0.2) is 30.3 Å². The molecule has 0 radical (unpaired) electrons. The number of hydrogen-bond donors (Lipinski definition) is 2. The highest BCUT2D eigenvalue weighted by molar-refractivity contribution is 5.99. The normalized spacial score (nSPS) is 14.3. The predicted octanol–water partition coefficient (Wildman–Crippen LogP) is 5.45. The second-order valence-corrected chi connectivity index (χ2v) is 8.59. The summed E-state index contributed by atoms with van der Waals surface area (Å²) >= 11 is 0. The number of aromatic nitrogens is 2. The highest BCUT2D eigenvalue weighted by Gasteiger charge is 2.36. The van der Waals surface area contributed by atoms with Gasteiger partial charge in [0.15, 0.2) is 0 Å². The molecule has 192 valence electrons. The summed E-state index contributed by atoms with van der Waals surface area (Å²) in [5, 5.41) is 9.51. The fraction of sp³-hybridized carbons (Fsp3) is 0.375. The van der Waals surface area contributed by atoms with E-state index in [4.69, 9.17) is 0 Å². The number of rotatable bonds is 7. The largest absolute Gasteiger partial charge is 0.481 e. The number of alkyl halides is 6. The molecule has 6 nitrogen and oxygen atoms in total. The average Bonchev–Trinajstić information content (AvgIpc) is 3.55. The number of carboxylic acids is 1. The molecule has 0 bridgehead atoms. The molecule has 1 fully saturated rings.